The number of ether oxygens (including phenoxy) is 2. The molecule has 2 aliphatic carbocycles. The van der Waals surface area contributed by atoms with E-state index in [9.17, 15) is 0 Å². The molecule has 2 heterocycles. The second-order valence-electron chi connectivity index (χ2n) is 19.6. The van der Waals surface area contributed by atoms with Gasteiger partial charge >= 0.3 is 0 Å². The molecule has 2 aliphatic heterocycles. The van der Waals surface area contributed by atoms with Crippen LogP contribution in [0.4, 0.5) is 0 Å². The molecule has 0 radical (unpaired) electrons. The van der Waals surface area contributed by atoms with Crippen molar-refractivity contribution >= 4 is 10.8 Å². The Labute approximate surface area is 353 Å². The van der Waals surface area contributed by atoms with Crippen LogP contribution in [-0.2, 0) is 21.7 Å². The number of hydrogen-bond donors (Lipinski definition) is 0. The molecule has 0 amide bonds. The van der Waals surface area contributed by atoms with E-state index in [1.807, 2.05) is 0 Å². The summed E-state index contributed by atoms with van der Waals surface area (Å²) >= 11 is 0. The maximum atomic E-state index is 7.32. The maximum absolute atomic E-state index is 7.32. The minimum absolute atomic E-state index is 0.105. The summed E-state index contributed by atoms with van der Waals surface area (Å²) in [5.74, 6) is 3.91. The molecule has 0 saturated carbocycles. The summed E-state index contributed by atoms with van der Waals surface area (Å²) in [5.41, 5.74) is 19.3. The van der Waals surface area contributed by atoms with Gasteiger partial charge in [0.05, 0.1) is 0 Å². The average molecular weight is 777 g/mol. The van der Waals surface area contributed by atoms with E-state index in [0.29, 0.717) is 0 Å². The smallest absolute Gasteiger partial charge is 0.139 e. The predicted octanol–water partition coefficient (Wildman–Crippen LogP) is 15.6. The minimum Gasteiger partial charge on any atom is -0.456 e. The van der Waals surface area contributed by atoms with Crippen LogP contribution < -0.4 is 9.47 Å². The van der Waals surface area contributed by atoms with E-state index in [1.54, 1.807) is 0 Å². The lowest BCUT2D eigenvalue weighted by Crippen LogP contribution is -2.25. The molecule has 8 aromatic carbocycles. The molecule has 0 unspecified atom stereocenters. The van der Waals surface area contributed by atoms with Crippen LogP contribution in [-0.4, -0.2) is 0 Å². The molecule has 0 saturated heterocycles. The summed E-state index contributed by atoms with van der Waals surface area (Å²) in [6, 6.07) is 54.1. The van der Waals surface area contributed by atoms with Gasteiger partial charge in [0.1, 0.15) is 23.0 Å². The number of hydrogen-bond acceptors (Lipinski definition) is 2. The number of rotatable bonds is 2. The van der Waals surface area contributed by atoms with Crippen molar-refractivity contribution in [3.05, 3.63) is 190 Å². The van der Waals surface area contributed by atoms with E-state index in [2.05, 4.69) is 201 Å². The Kier molecular flexibility index (Phi) is 6.91. The predicted molar refractivity (Wildman–Crippen MR) is 247 cm³/mol. The van der Waals surface area contributed by atoms with Crippen LogP contribution in [0.25, 0.3) is 55.3 Å². The fourth-order valence-corrected chi connectivity index (χ4v) is 11.6. The second kappa shape index (κ2) is 11.7. The van der Waals surface area contributed by atoms with Gasteiger partial charge in [0.25, 0.3) is 0 Å². The van der Waals surface area contributed by atoms with Crippen molar-refractivity contribution in [2.45, 2.75) is 77.0 Å². The SMILES string of the molecule is CC1(C)c2ccccc2Oc2c1ccc1c2-c2ccc(-c3ccc(-c4cccc5c4Oc4c(ccc6c4-c4ccccc4C6(C)C)C5(C)C)c4ccccc34)cc2C1(C)C. The first-order valence-electron chi connectivity index (χ1n) is 21.5. The molecule has 0 atom stereocenters. The zero-order chi connectivity index (χ0) is 41.1. The van der Waals surface area contributed by atoms with Gasteiger partial charge in [0.2, 0.25) is 0 Å². The monoisotopic (exact) mass is 776 g/mol. The van der Waals surface area contributed by atoms with Gasteiger partial charge in [-0.05, 0) is 73.0 Å². The van der Waals surface area contributed by atoms with Gasteiger partial charge in [-0.1, -0.05) is 189 Å². The Morgan fingerprint density at radius 3 is 1.50 bits per heavy atom. The molecule has 60 heavy (non-hydrogen) atoms. The van der Waals surface area contributed by atoms with Gasteiger partial charge < -0.3 is 9.47 Å². The third-order valence-corrected chi connectivity index (χ3v) is 15.0. The lowest BCUT2D eigenvalue weighted by atomic mass is 9.73. The van der Waals surface area contributed by atoms with Crippen LogP contribution >= 0.6 is 0 Å². The highest BCUT2D eigenvalue weighted by Crippen LogP contribution is 2.61. The van der Waals surface area contributed by atoms with E-state index >= 15 is 0 Å². The quantitative estimate of drug-likeness (QED) is 0.174. The van der Waals surface area contributed by atoms with Gasteiger partial charge in [-0.2, -0.15) is 0 Å². The lowest BCUT2D eigenvalue weighted by Gasteiger charge is -2.37. The highest BCUT2D eigenvalue weighted by atomic mass is 16.5. The molecule has 12 rings (SSSR count). The molecule has 2 nitrogen and oxygen atoms in total. The van der Waals surface area contributed by atoms with Gasteiger partial charge in [0.15, 0.2) is 0 Å². The first kappa shape index (κ1) is 35.6. The molecule has 0 bridgehead atoms. The van der Waals surface area contributed by atoms with Crippen molar-refractivity contribution in [2.24, 2.45) is 0 Å². The molecule has 0 aromatic heterocycles. The number of benzene rings is 8. The largest absolute Gasteiger partial charge is 0.456 e. The van der Waals surface area contributed by atoms with Crippen LogP contribution in [0.3, 0.4) is 0 Å². The molecule has 2 heteroatoms. The van der Waals surface area contributed by atoms with E-state index in [1.165, 1.54) is 94.2 Å². The van der Waals surface area contributed by atoms with Crippen LogP contribution in [0.1, 0.15) is 99.9 Å². The van der Waals surface area contributed by atoms with Crippen molar-refractivity contribution < 1.29 is 9.47 Å². The van der Waals surface area contributed by atoms with E-state index in [-0.39, 0.29) is 21.7 Å². The van der Waals surface area contributed by atoms with Crippen LogP contribution in [0.5, 0.6) is 23.0 Å². The van der Waals surface area contributed by atoms with Crippen molar-refractivity contribution in [3.8, 4) is 67.5 Å². The lowest BCUT2D eigenvalue weighted by molar-refractivity contribution is 0.419. The normalized spacial score (nSPS) is 17.1. The Hall–Kier alpha value is -6.38. The summed E-state index contributed by atoms with van der Waals surface area (Å²) in [6.45, 7) is 18.8. The van der Waals surface area contributed by atoms with Crippen LogP contribution in [0.15, 0.2) is 146 Å². The van der Waals surface area contributed by atoms with E-state index < -0.39 is 0 Å². The van der Waals surface area contributed by atoms with Crippen molar-refractivity contribution in [2.75, 3.05) is 0 Å². The topological polar surface area (TPSA) is 18.5 Å². The molecular formula is C58H48O2. The fourth-order valence-electron chi connectivity index (χ4n) is 11.6. The maximum Gasteiger partial charge on any atom is 0.139 e. The van der Waals surface area contributed by atoms with Crippen LogP contribution in [0.2, 0.25) is 0 Å². The molecule has 0 spiro atoms. The highest BCUT2D eigenvalue weighted by molar-refractivity contribution is 6.06. The number of para-hydroxylation sites is 2. The van der Waals surface area contributed by atoms with E-state index in [0.717, 1.165) is 28.6 Å². The average Bonchev–Trinajstić information content (AvgIpc) is 3.63. The Balaban J connectivity index is 0.993. The van der Waals surface area contributed by atoms with Crippen molar-refractivity contribution in [3.63, 3.8) is 0 Å². The summed E-state index contributed by atoms with van der Waals surface area (Å²) < 4.78 is 14.2. The molecule has 0 fully saturated rings. The Morgan fingerprint density at radius 2 is 0.767 bits per heavy atom. The zero-order valence-electron chi connectivity index (χ0n) is 35.7. The Bertz CT molecular complexity index is 3210. The fraction of sp³-hybridized carbons (Fsp3) is 0.207. The third-order valence-electron chi connectivity index (χ3n) is 15.0. The third kappa shape index (κ3) is 4.44. The summed E-state index contributed by atoms with van der Waals surface area (Å²) in [4.78, 5) is 0. The molecular weight excluding hydrogens is 729 g/mol. The first-order valence-corrected chi connectivity index (χ1v) is 21.5. The zero-order valence-corrected chi connectivity index (χ0v) is 35.7. The summed E-state index contributed by atoms with van der Waals surface area (Å²) in [5, 5.41) is 2.44. The Morgan fingerprint density at radius 1 is 0.300 bits per heavy atom. The summed E-state index contributed by atoms with van der Waals surface area (Å²) in [7, 11) is 0. The van der Waals surface area contributed by atoms with Crippen molar-refractivity contribution in [1.82, 2.24) is 0 Å². The molecule has 8 aromatic rings. The highest BCUT2D eigenvalue weighted by Gasteiger charge is 2.45. The first-order chi connectivity index (χ1) is 28.8. The van der Waals surface area contributed by atoms with E-state index in [4.69, 9.17) is 9.47 Å². The molecule has 0 N–H and O–H groups in total. The van der Waals surface area contributed by atoms with Crippen molar-refractivity contribution in [1.29, 1.82) is 0 Å². The molecule has 4 aliphatic rings. The standard InChI is InChI=1S/C58H48O2/c1-55(2)41-20-12-11-18-39(41)50-43(55)28-31-47-54(50)60-52-38(19-15-22-45(52)58(47,7)8)37-27-26-34(35-16-9-10-17-36(35)37)33-24-25-40-48(32-33)57(5,6)44-29-30-46-53(51(40)44)59-49-23-14-13-21-42(49)56(46,3)4/h9-32H,1-8H3. The second-order valence-corrected chi connectivity index (χ2v) is 19.6. The van der Waals surface area contributed by atoms with Gasteiger partial charge in [-0.25, -0.2) is 0 Å². The van der Waals surface area contributed by atoms with Gasteiger partial charge in [-0.15, -0.1) is 0 Å². The summed E-state index contributed by atoms with van der Waals surface area (Å²) in [6.07, 6.45) is 0. The minimum atomic E-state index is -0.260. The van der Waals surface area contributed by atoms with Crippen LogP contribution in [0, 0.1) is 0 Å². The van der Waals surface area contributed by atoms with Gasteiger partial charge in [-0.3, -0.25) is 0 Å². The number of fused-ring (bicyclic) bond motifs is 13. The van der Waals surface area contributed by atoms with Gasteiger partial charge in [0, 0.05) is 60.6 Å². The molecule has 292 valence electrons.